The molecule has 0 radical (unpaired) electrons. The highest BCUT2D eigenvalue weighted by Crippen LogP contribution is 2.41. The first-order valence-corrected chi connectivity index (χ1v) is 19.1. The number of nitrogens with zero attached hydrogens (tertiary/aromatic N) is 1. The fourth-order valence-corrected chi connectivity index (χ4v) is 8.61. The Morgan fingerprint density at radius 1 is 0.857 bits per heavy atom. The molecule has 2 saturated carbocycles. The summed E-state index contributed by atoms with van der Waals surface area (Å²) in [6.07, 6.45) is 27.1. The van der Waals surface area contributed by atoms with Crippen molar-refractivity contribution in [3.8, 4) is 0 Å². The molecule has 2 fully saturated rings. The molecular formula is C38H65NO2S. The quantitative estimate of drug-likeness (QED) is 0.117. The van der Waals surface area contributed by atoms with Crippen LogP contribution in [-0.4, -0.2) is 25.2 Å². The van der Waals surface area contributed by atoms with E-state index in [1.807, 2.05) is 17.4 Å². The molecular weight excluding hydrogens is 534 g/mol. The number of unbranched alkanes of at least 4 members (excludes halogenated alkanes) is 2. The zero-order chi connectivity index (χ0) is 30.2. The van der Waals surface area contributed by atoms with E-state index in [0.29, 0.717) is 0 Å². The second-order valence-corrected chi connectivity index (χ2v) is 14.7. The zero-order valence-electron chi connectivity index (χ0n) is 28.1. The van der Waals surface area contributed by atoms with Gasteiger partial charge in [-0.25, -0.2) is 4.79 Å². The first kappa shape index (κ1) is 35.2. The Morgan fingerprint density at radius 3 is 1.95 bits per heavy atom. The van der Waals surface area contributed by atoms with E-state index in [4.69, 9.17) is 4.74 Å². The lowest BCUT2D eigenvalue weighted by molar-refractivity contribution is -0.145. The molecule has 1 heterocycles. The highest BCUT2D eigenvalue weighted by atomic mass is 32.1. The third-order valence-electron chi connectivity index (χ3n) is 10.6. The Hall–Kier alpha value is -1.29. The van der Waals surface area contributed by atoms with Gasteiger partial charge in [-0.15, -0.1) is 11.3 Å². The first-order valence-electron chi connectivity index (χ1n) is 18.2. The maximum Gasteiger partial charge on any atom is 0.331 e. The minimum absolute atomic E-state index is 0.103. The van der Waals surface area contributed by atoms with E-state index >= 15 is 0 Å². The molecule has 0 N–H and O–H groups in total. The zero-order valence-corrected chi connectivity index (χ0v) is 28.9. The number of esters is 1. The van der Waals surface area contributed by atoms with Gasteiger partial charge in [-0.2, -0.15) is 0 Å². The number of carbonyl (C=O) groups excluding carboxylic acids is 1. The number of hydrogen-bond donors (Lipinski definition) is 0. The van der Waals surface area contributed by atoms with Crippen LogP contribution in [0.5, 0.6) is 0 Å². The molecule has 2 unspecified atom stereocenters. The average Bonchev–Trinajstić information content (AvgIpc) is 3.49. The van der Waals surface area contributed by atoms with E-state index in [1.165, 1.54) is 108 Å². The average molecular weight is 600 g/mol. The summed E-state index contributed by atoms with van der Waals surface area (Å²) in [5, 5.41) is 3.57. The van der Waals surface area contributed by atoms with E-state index < -0.39 is 0 Å². The molecule has 240 valence electrons. The minimum Gasteiger partial charge on any atom is -0.459 e. The molecule has 2 aliphatic carbocycles. The molecule has 3 rings (SSSR count). The molecule has 1 aromatic heterocycles. The second-order valence-electron chi connectivity index (χ2n) is 13.8. The SMILES string of the molecule is CCCCC(CC)CN(CC(CC)CCCC)c1cc(/C=C/C(=O)OC2CCC([C@H]3CC[C@H](CCC)CC3)CC2)cs1. The fraction of sp³-hybridized carbons (Fsp3) is 0.816. The van der Waals surface area contributed by atoms with Gasteiger partial charge in [-0.3, -0.25) is 0 Å². The summed E-state index contributed by atoms with van der Waals surface area (Å²) >= 11 is 1.84. The highest BCUT2D eigenvalue weighted by molar-refractivity contribution is 7.14. The number of carbonyl (C=O) groups is 1. The van der Waals surface area contributed by atoms with Gasteiger partial charge in [-0.1, -0.05) is 98.8 Å². The van der Waals surface area contributed by atoms with E-state index in [2.05, 4.69) is 51.0 Å². The molecule has 42 heavy (non-hydrogen) atoms. The van der Waals surface area contributed by atoms with E-state index in [1.54, 1.807) is 6.08 Å². The van der Waals surface area contributed by atoms with Crippen molar-refractivity contribution in [2.75, 3.05) is 18.0 Å². The van der Waals surface area contributed by atoms with Gasteiger partial charge in [-0.05, 0) is 98.7 Å². The Labute approximate surface area is 264 Å². The summed E-state index contributed by atoms with van der Waals surface area (Å²) in [5.74, 6) is 4.08. The van der Waals surface area contributed by atoms with Crippen LogP contribution in [0, 0.1) is 29.6 Å². The summed E-state index contributed by atoms with van der Waals surface area (Å²) in [7, 11) is 0. The number of ether oxygens (including phenoxy) is 1. The normalized spacial score (nSPS) is 24.5. The van der Waals surface area contributed by atoms with Crippen molar-refractivity contribution in [2.24, 2.45) is 29.6 Å². The van der Waals surface area contributed by atoms with Crippen molar-refractivity contribution in [2.45, 2.75) is 156 Å². The van der Waals surface area contributed by atoms with Gasteiger partial charge < -0.3 is 9.64 Å². The molecule has 0 spiro atoms. The van der Waals surface area contributed by atoms with Crippen LogP contribution in [0.4, 0.5) is 5.00 Å². The molecule has 3 nitrogen and oxygen atoms in total. The highest BCUT2D eigenvalue weighted by Gasteiger charge is 2.31. The summed E-state index contributed by atoms with van der Waals surface area (Å²) in [5.41, 5.74) is 1.13. The lowest BCUT2D eigenvalue weighted by atomic mass is 9.70. The van der Waals surface area contributed by atoms with Crippen molar-refractivity contribution in [1.82, 2.24) is 0 Å². The fourth-order valence-electron chi connectivity index (χ4n) is 7.71. The van der Waals surface area contributed by atoms with Crippen LogP contribution in [0.1, 0.15) is 156 Å². The summed E-state index contributed by atoms with van der Waals surface area (Å²) in [6.45, 7) is 13.9. The lowest BCUT2D eigenvalue weighted by Crippen LogP contribution is -2.33. The van der Waals surface area contributed by atoms with Gasteiger partial charge in [0.25, 0.3) is 0 Å². The van der Waals surface area contributed by atoms with E-state index in [-0.39, 0.29) is 12.1 Å². The van der Waals surface area contributed by atoms with Gasteiger partial charge in [0, 0.05) is 24.5 Å². The van der Waals surface area contributed by atoms with Crippen LogP contribution in [0.2, 0.25) is 0 Å². The molecule has 0 amide bonds. The summed E-state index contributed by atoms with van der Waals surface area (Å²) in [4.78, 5) is 15.4. The predicted molar refractivity (Wildman–Crippen MR) is 184 cm³/mol. The van der Waals surface area contributed by atoms with Crippen LogP contribution in [0.15, 0.2) is 17.5 Å². The largest absolute Gasteiger partial charge is 0.459 e. The topological polar surface area (TPSA) is 29.5 Å². The third-order valence-corrected chi connectivity index (χ3v) is 11.6. The lowest BCUT2D eigenvalue weighted by Gasteiger charge is -2.37. The maximum atomic E-state index is 12.8. The monoisotopic (exact) mass is 599 g/mol. The molecule has 2 atom stereocenters. The van der Waals surface area contributed by atoms with Crippen molar-refractivity contribution in [3.63, 3.8) is 0 Å². The predicted octanol–water partition coefficient (Wildman–Crippen LogP) is 11.7. The number of anilines is 1. The van der Waals surface area contributed by atoms with Gasteiger partial charge in [0.2, 0.25) is 0 Å². The van der Waals surface area contributed by atoms with Crippen LogP contribution < -0.4 is 4.90 Å². The second kappa shape index (κ2) is 19.9. The van der Waals surface area contributed by atoms with Crippen molar-refractivity contribution >= 4 is 28.4 Å². The number of thiophene rings is 1. The van der Waals surface area contributed by atoms with E-state index in [0.717, 1.165) is 61.1 Å². The molecule has 0 saturated heterocycles. The molecule has 0 aromatic carbocycles. The Balaban J connectivity index is 1.50. The number of hydrogen-bond acceptors (Lipinski definition) is 4. The van der Waals surface area contributed by atoms with Crippen LogP contribution in [-0.2, 0) is 9.53 Å². The van der Waals surface area contributed by atoms with Gasteiger partial charge in [0.15, 0.2) is 0 Å². The molecule has 0 bridgehead atoms. The summed E-state index contributed by atoms with van der Waals surface area (Å²) in [6, 6.07) is 2.30. The standard InChI is InChI=1S/C38H65NO2S/c1-6-11-14-30(9-4)27-39(28-31(10-5)15-12-7-2)37-26-33(29-42-37)18-25-38(40)41-36-23-21-35(22-24-36)34-19-16-32(13-8-3)17-20-34/h18,25-26,29-32,34-36H,6-17,19-24,27-28H2,1-5H3/b25-18+/t30?,31?,32-,34-,35?,36?. The van der Waals surface area contributed by atoms with Crippen LogP contribution in [0.3, 0.4) is 0 Å². The Kier molecular flexibility index (Phi) is 16.7. The van der Waals surface area contributed by atoms with Crippen molar-refractivity contribution in [3.05, 3.63) is 23.1 Å². The minimum atomic E-state index is -0.167. The van der Waals surface area contributed by atoms with Gasteiger partial charge >= 0.3 is 5.97 Å². The van der Waals surface area contributed by atoms with Gasteiger partial charge in [0.05, 0.1) is 5.00 Å². The van der Waals surface area contributed by atoms with Crippen molar-refractivity contribution in [1.29, 1.82) is 0 Å². The van der Waals surface area contributed by atoms with E-state index in [9.17, 15) is 4.79 Å². The molecule has 4 heteroatoms. The van der Waals surface area contributed by atoms with Crippen LogP contribution in [0.25, 0.3) is 6.08 Å². The summed E-state index contributed by atoms with van der Waals surface area (Å²) < 4.78 is 5.93. The van der Waals surface area contributed by atoms with Crippen LogP contribution >= 0.6 is 11.3 Å². The van der Waals surface area contributed by atoms with Crippen molar-refractivity contribution < 1.29 is 9.53 Å². The first-order chi connectivity index (χ1) is 20.5. The third kappa shape index (κ3) is 12.0. The number of rotatable bonds is 19. The smallest absolute Gasteiger partial charge is 0.331 e. The molecule has 2 aliphatic rings. The molecule has 1 aromatic rings. The Bertz CT molecular complexity index is 859. The maximum absolute atomic E-state index is 12.8. The Morgan fingerprint density at radius 2 is 1.43 bits per heavy atom. The van der Waals surface area contributed by atoms with Gasteiger partial charge in [0.1, 0.15) is 6.10 Å². The molecule has 0 aliphatic heterocycles.